The summed E-state index contributed by atoms with van der Waals surface area (Å²) >= 11 is 0. The van der Waals surface area contributed by atoms with Gasteiger partial charge in [-0.3, -0.25) is 23.6 Å². The molecule has 0 amide bonds. The van der Waals surface area contributed by atoms with Crippen LogP contribution in [0.1, 0.15) is 25.3 Å². The number of hydrogen-bond acceptors (Lipinski definition) is 18. The Kier molecular flexibility index (Phi) is 13.9. The zero-order chi connectivity index (χ0) is 38.3. The normalized spacial score (nSPS) is 25.3. The highest BCUT2D eigenvalue weighted by atomic mass is 31.2. The van der Waals surface area contributed by atoms with E-state index < -0.39 is 100 Å². The van der Waals surface area contributed by atoms with Gasteiger partial charge in [0.15, 0.2) is 18.2 Å². The van der Waals surface area contributed by atoms with Crippen molar-refractivity contribution in [1.82, 2.24) is 9.97 Å². The van der Waals surface area contributed by atoms with Crippen LogP contribution in [0.15, 0.2) is 29.1 Å². The third-order valence-electron chi connectivity index (χ3n) is 8.25. The van der Waals surface area contributed by atoms with E-state index in [0.29, 0.717) is 17.9 Å². The minimum absolute atomic E-state index is 0.00219. The number of nitrogens with zero attached hydrogens (tertiary/aromatic N) is 1. The number of nitrogens with two attached hydrogens (primary N) is 1. The number of anilines is 4. The summed E-state index contributed by atoms with van der Waals surface area (Å²) in [4.78, 5) is 50.6. The van der Waals surface area contributed by atoms with E-state index in [0.717, 1.165) is 5.69 Å². The van der Waals surface area contributed by atoms with Crippen molar-refractivity contribution in [1.29, 1.82) is 0 Å². The number of rotatable bonds is 19. The topological polar surface area (TPSA) is 358 Å². The van der Waals surface area contributed by atoms with Gasteiger partial charge in [-0.05, 0) is 31.0 Å². The van der Waals surface area contributed by atoms with Crippen LogP contribution in [0, 0.1) is 0 Å². The largest absolute Gasteiger partial charge is 0.481 e. The summed E-state index contributed by atoms with van der Waals surface area (Å²) in [6.07, 6.45) is -14.8. The van der Waals surface area contributed by atoms with Crippen LogP contribution in [0.3, 0.4) is 0 Å². The summed E-state index contributed by atoms with van der Waals surface area (Å²) in [7, 11) is -5.11. The van der Waals surface area contributed by atoms with Gasteiger partial charge in [0.1, 0.15) is 36.2 Å². The predicted molar refractivity (Wildman–Crippen MR) is 178 cm³/mol. The molecule has 1 saturated heterocycles. The van der Waals surface area contributed by atoms with E-state index in [9.17, 15) is 49.4 Å². The molecule has 1 aromatic carbocycles. The first kappa shape index (κ1) is 40.8. The fourth-order valence-corrected chi connectivity index (χ4v) is 6.25. The number of ether oxygens (including phenoxy) is 2. The first-order chi connectivity index (χ1) is 24.4. The van der Waals surface area contributed by atoms with Gasteiger partial charge < -0.3 is 71.8 Å². The Bertz CT molecular complexity index is 1630. The van der Waals surface area contributed by atoms with Crippen molar-refractivity contribution < 1.29 is 73.3 Å². The molecule has 0 aliphatic carbocycles. The van der Waals surface area contributed by atoms with Crippen LogP contribution in [0.5, 0.6) is 0 Å². The molecule has 3 heterocycles. The summed E-state index contributed by atoms with van der Waals surface area (Å²) in [5, 5.41) is 79.5. The maximum absolute atomic E-state index is 12.2. The molecule has 290 valence electrons. The molecular weight excluding hydrogens is 719 g/mol. The second-order valence-electron chi connectivity index (χ2n) is 12.3. The van der Waals surface area contributed by atoms with Gasteiger partial charge in [-0.2, -0.15) is 4.98 Å². The highest BCUT2D eigenvalue weighted by molar-refractivity contribution is 7.47. The Hall–Kier alpha value is -3.93. The maximum atomic E-state index is 12.2. The molecule has 22 nitrogen and oxygen atoms in total. The smallest absolute Gasteiger partial charge is 0.473 e. The molecule has 11 unspecified atom stereocenters. The van der Waals surface area contributed by atoms with E-state index in [1.165, 1.54) is 0 Å². The van der Waals surface area contributed by atoms with Crippen molar-refractivity contribution in [2.24, 2.45) is 0 Å². The van der Waals surface area contributed by atoms with E-state index in [-0.39, 0.29) is 30.1 Å². The molecule has 1 fully saturated rings. The number of hydrogen-bond donors (Lipinski definition) is 13. The molecule has 2 aromatic rings. The van der Waals surface area contributed by atoms with E-state index in [1.807, 2.05) is 6.92 Å². The lowest BCUT2D eigenvalue weighted by atomic mass is 10.00. The Morgan fingerprint density at radius 1 is 1.13 bits per heavy atom. The first-order valence-electron chi connectivity index (χ1n) is 16.0. The van der Waals surface area contributed by atoms with Gasteiger partial charge in [0.25, 0.3) is 5.56 Å². The summed E-state index contributed by atoms with van der Waals surface area (Å²) < 4.78 is 32.0. The minimum atomic E-state index is -5.11. The van der Waals surface area contributed by atoms with Crippen LogP contribution in [-0.4, -0.2) is 143 Å². The monoisotopic (exact) mass is 762 g/mol. The quantitative estimate of drug-likeness (QED) is 0.0663. The molecule has 0 bridgehead atoms. The average molecular weight is 763 g/mol. The SMILES string of the molecule is CC(Nc1ccc(CC(O)C(O)C(O)COC2OC(COP(=O)(O)OC(CCC(=O)O)C(=O)O)C(O)C2O)cc1)C1CNc2nc(N)[nH]c(=O)c2N1. The molecule has 23 heteroatoms. The summed E-state index contributed by atoms with van der Waals surface area (Å²) in [6.45, 7) is 0.799. The number of benzene rings is 1. The zero-order valence-corrected chi connectivity index (χ0v) is 28.5. The van der Waals surface area contributed by atoms with Gasteiger partial charge >= 0.3 is 19.8 Å². The third-order valence-corrected chi connectivity index (χ3v) is 9.25. The standard InChI is InChI=1S/C29H43N6O16P/c1-12(15-9-31-25-21(33-15)26(43)35-29(30)34-25)32-14-4-2-13(3-5-14)8-16(36)22(40)17(37)10-48-28-24(42)23(41)19(50-28)11-49-52(46,47)51-18(27(44)45)6-7-20(38)39/h2-5,12,15-19,22-24,28,32-33,36-37,40-42H,6-11H2,1H3,(H,38,39)(H,44,45)(H,46,47)(H4,30,31,34,35,43). The van der Waals surface area contributed by atoms with Crippen LogP contribution in [-0.2, 0) is 39.1 Å². The number of phosphoric ester groups is 1. The molecule has 1 aromatic heterocycles. The van der Waals surface area contributed by atoms with Crippen molar-refractivity contribution >= 4 is 42.9 Å². The van der Waals surface area contributed by atoms with Crippen molar-refractivity contribution in [2.45, 2.75) is 87.3 Å². The molecule has 14 N–H and O–H groups in total. The number of fused-ring (bicyclic) bond motifs is 1. The maximum Gasteiger partial charge on any atom is 0.473 e. The van der Waals surface area contributed by atoms with Gasteiger partial charge in [-0.15, -0.1) is 0 Å². The summed E-state index contributed by atoms with van der Waals surface area (Å²) in [5.41, 5.74) is 6.81. The number of aliphatic hydroxyl groups is 5. The second-order valence-corrected chi connectivity index (χ2v) is 13.7. The van der Waals surface area contributed by atoms with Crippen LogP contribution >= 0.6 is 7.82 Å². The second kappa shape index (κ2) is 17.7. The molecule has 4 rings (SSSR count). The van der Waals surface area contributed by atoms with E-state index in [2.05, 4.69) is 35.0 Å². The number of aromatic nitrogens is 2. The van der Waals surface area contributed by atoms with Crippen molar-refractivity contribution in [3.63, 3.8) is 0 Å². The first-order valence-corrected chi connectivity index (χ1v) is 17.5. The molecular formula is C29H43N6O16P. The number of carboxylic acids is 2. The van der Waals surface area contributed by atoms with E-state index in [1.54, 1.807) is 24.3 Å². The van der Waals surface area contributed by atoms with Gasteiger partial charge in [0, 0.05) is 31.1 Å². The number of aliphatic hydroxyl groups excluding tert-OH is 5. The number of carbonyl (C=O) groups is 2. The molecule has 0 saturated carbocycles. The Labute approximate surface area is 295 Å². The number of aliphatic carboxylic acids is 2. The number of H-pyrrole nitrogens is 1. The fraction of sp³-hybridized carbons (Fsp3) is 0.586. The van der Waals surface area contributed by atoms with Crippen LogP contribution in [0.25, 0.3) is 0 Å². The number of aromatic amines is 1. The lowest BCUT2D eigenvalue weighted by molar-refractivity contribution is -0.192. The lowest BCUT2D eigenvalue weighted by Gasteiger charge is -2.32. The highest BCUT2D eigenvalue weighted by Crippen LogP contribution is 2.46. The molecule has 2 aliphatic heterocycles. The van der Waals surface area contributed by atoms with Gasteiger partial charge in [0.2, 0.25) is 5.95 Å². The number of phosphoric acid groups is 1. The van der Waals surface area contributed by atoms with Crippen molar-refractivity contribution in [2.75, 3.05) is 41.4 Å². The Morgan fingerprint density at radius 2 is 1.83 bits per heavy atom. The minimum Gasteiger partial charge on any atom is -0.481 e. The molecule has 2 aliphatic rings. The Morgan fingerprint density at radius 3 is 2.48 bits per heavy atom. The number of nitrogen functional groups attached to an aromatic ring is 1. The van der Waals surface area contributed by atoms with Crippen LogP contribution in [0.2, 0.25) is 0 Å². The van der Waals surface area contributed by atoms with Crippen molar-refractivity contribution in [3.05, 3.63) is 40.2 Å². The molecule has 11 atom stereocenters. The number of nitrogens with one attached hydrogen (secondary N) is 4. The zero-order valence-electron chi connectivity index (χ0n) is 27.6. The van der Waals surface area contributed by atoms with Gasteiger partial charge in [-0.1, -0.05) is 12.1 Å². The van der Waals surface area contributed by atoms with Crippen LogP contribution in [0.4, 0.5) is 23.1 Å². The van der Waals surface area contributed by atoms with E-state index in [4.69, 9.17) is 25.4 Å². The van der Waals surface area contributed by atoms with Crippen LogP contribution < -0.4 is 27.2 Å². The Balaban J connectivity index is 1.20. The third kappa shape index (κ3) is 11.0. The van der Waals surface area contributed by atoms with Crippen molar-refractivity contribution in [3.8, 4) is 0 Å². The summed E-state index contributed by atoms with van der Waals surface area (Å²) in [5.74, 6) is -2.72. The fourth-order valence-electron chi connectivity index (χ4n) is 5.33. The lowest BCUT2D eigenvalue weighted by Crippen LogP contribution is -2.46. The molecule has 52 heavy (non-hydrogen) atoms. The van der Waals surface area contributed by atoms with Gasteiger partial charge in [-0.25, -0.2) is 9.36 Å². The average Bonchev–Trinajstić information content (AvgIpc) is 3.36. The van der Waals surface area contributed by atoms with E-state index >= 15 is 0 Å². The molecule has 0 spiro atoms. The summed E-state index contributed by atoms with van der Waals surface area (Å²) in [6, 6.07) is 6.56. The predicted octanol–water partition coefficient (Wildman–Crippen LogP) is -2.40. The number of carboxylic acid groups (broad SMARTS) is 2. The highest BCUT2D eigenvalue weighted by Gasteiger charge is 2.45. The van der Waals surface area contributed by atoms with Gasteiger partial charge in [0.05, 0.1) is 25.4 Å². The molecule has 0 radical (unpaired) electrons.